The predicted octanol–water partition coefficient (Wildman–Crippen LogP) is 4.63. The molecule has 3 rings (SSSR count). The van der Waals surface area contributed by atoms with Crippen molar-refractivity contribution in [3.05, 3.63) is 107 Å². The van der Waals surface area contributed by atoms with Crippen LogP contribution in [0.3, 0.4) is 0 Å². The summed E-state index contributed by atoms with van der Waals surface area (Å²) in [4.78, 5) is 22.8. The molecule has 0 aliphatic heterocycles. The van der Waals surface area contributed by atoms with E-state index in [1.54, 1.807) is 6.07 Å². The van der Waals surface area contributed by atoms with Gasteiger partial charge >= 0.3 is 11.9 Å². The van der Waals surface area contributed by atoms with Gasteiger partial charge in [0.2, 0.25) is 0 Å². The van der Waals surface area contributed by atoms with Gasteiger partial charge in [-0.2, -0.15) is 0 Å². The molecule has 0 radical (unpaired) electrons. The highest BCUT2D eigenvalue weighted by atomic mass is 16.4. The quantitative estimate of drug-likeness (QED) is 0.672. The SMILES string of the molecule is CC(Cc1ccc(C(=O)O)c(C(=O)O)c1)(c1ccccc1)c1ccccc1. The summed E-state index contributed by atoms with van der Waals surface area (Å²) in [6, 6.07) is 24.6. The maximum Gasteiger partial charge on any atom is 0.336 e. The maximum atomic E-state index is 11.5. The molecule has 0 saturated carbocycles. The zero-order valence-electron chi connectivity index (χ0n) is 14.9. The van der Waals surface area contributed by atoms with Crippen LogP contribution in [0.15, 0.2) is 78.9 Å². The van der Waals surface area contributed by atoms with Gasteiger partial charge in [-0.15, -0.1) is 0 Å². The van der Waals surface area contributed by atoms with Gasteiger partial charge in [0.05, 0.1) is 11.1 Å². The van der Waals surface area contributed by atoms with E-state index in [9.17, 15) is 19.8 Å². The van der Waals surface area contributed by atoms with Gasteiger partial charge in [0, 0.05) is 5.41 Å². The molecule has 4 nitrogen and oxygen atoms in total. The van der Waals surface area contributed by atoms with Crippen LogP contribution < -0.4 is 0 Å². The molecule has 3 aromatic carbocycles. The summed E-state index contributed by atoms with van der Waals surface area (Å²) in [6.45, 7) is 2.11. The number of hydrogen-bond acceptors (Lipinski definition) is 2. The first kappa shape index (κ1) is 18.4. The fourth-order valence-corrected chi connectivity index (χ4v) is 3.46. The molecule has 0 spiro atoms. The minimum atomic E-state index is -1.24. The summed E-state index contributed by atoms with van der Waals surface area (Å²) >= 11 is 0. The van der Waals surface area contributed by atoms with Crippen molar-refractivity contribution in [3.8, 4) is 0 Å². The average Bonchev–Trinajstić information content (AvgIpc) is 2.69. The lowest BCUT2D eigenvalue weighted by atomic mass is 9.72. The monoisotopic (exact) mass is 360 g/mol. The van der Waals surface area contributed by atoms with Gasteiger partial charge in [-0.25, -0.2) is 9.59 Å². The molecule has 0 saturated heterocycles. The van der Waals surface area contributed by atoms with Crippen LogP contribution in [0.1, 0.15) is 44.3 Å². The van der Waals surface area contributed by atoms with Crippen LogP contribution in [-0.2, 0) is 11.8 Å². The van der Waals surface area contributed by atoms with E-state index >= 15 is 0 Å². The second kappa shape index (κ2) is 7.46. The second-order valence-corrected chi connectivity index (χ2v) is 6.73. The van der Waals surface area contributed by atoms with E-state index in [0.717, 1.165) is 16.7 Å². The smallest absolute Gasteiger partial charge is 0.336 e. The molecule has 0 aromatic heterocycles. The Morgan fingerprint density at radius 3 is 1.67 bits per heavy atom. The molecular weight excluding hydrogens is 340 g/mol. The Morgan fingerprint density at radius 1 is 0.741 bits per heavy atom. The summed E-state index contributed by atoms with van der Waals surface area (Å²) in [5.41, 5.74) is 2.21. The van der Waals surface area contributed by atoms with Crippen molar-refractivity contribution in [2.24, 2.45) is 0 Å². The molecule has 0 aliphatic carbocycles. The predicted molar refractivity (Wildman–Crippen MR) is 103 cm³/mol. The van der Waals surface area contributed by atoms with Crippen molar-refractivity contribution in [3.63, 3.8) is 0 Å². The molecule has 0 atom stereocenters. The molecule has 0 aliphatic rings. The summed E-state index contributed by atoms with van der Waals surface area (Å²) in [6.07, 6.45) is 0.543. The van der Waals surface area contributed by atoms with Crippen molar-refractivity contribution in [2.45, 2.75) is 18.8 Å². The standard InChI is InChI=1S/C23H20O4/c1-23(17-8-4-2-5-9-17,18-10-6-3-7-11-18)15-16-12-13-19(21(24)25)20(14-16)22(26)27/h2-14H,15H2,1H3,(H,24,25)(H,26,27). The van der Waals surface area contributed by atoms with Crippen LogP contribution in [0.4, 0.5) is 0 Å². The first-order chi connectivity index (χ1) is 12.9. The number of aromatic carboxylic acids is 2. The molecule has 3 aromatic rings. The maximum absolute atomic E-state index is 11.5. The number of carbonyl (C=O) groups is 2. The molecule has 136 valence electrons. The van der Waals surface area contributed by atoms with Gasteiger partial charge in [-0.1, -0.05) is 73.7 Å². The molecule has 2 N–H and O–H groups in total. The first-order valence-corrected chi connectivity index (χ1v) is 8.62. The van der Waals surface area contributed by atoms with E-state index in [1.165, 1.54) is 12.1 Å². The Labute approximate surface area is 157 Å². The van der Waals surface area contributed by atoms with Gasteiger partial charge in [-0.05, 0) is 35.2 Å². The largest absolute Gasteiger partial charge is 0.478 e. The van der Waals surface area contributed by atoms with E-state index in [1.807, 2.05) is 36.4 Å². The van der Waals surface area contributed by atoms with Crippen LogP contribution in [0.2, 0.25) is 0 Å². The van der Waals surface area contributed by atoms with Gasteiger partial charge in [0.15, 0.2) is 0 Å². The summed E-state index contributed by atoms with van der Waals surface area (Å²) in [7, 11) is 0. The number of hydrogen-bond donors (Lipinski definition) is 2. The summed E-state index contributed by atoms with van der Waals surface area (Å²) in [5.74, 6) is -2.48. The number of rotatable bonds is 6. The third-order valence-electron chi connectivity index (χ3n) is 4.92. The number of benzene rings is 3. The zero-order valence-corrected chi connectivity index (χ0v) is 14.9. The molecule has 4 heteroatoms. The van der Waals surface area contributed by atoms with E-state index in [4.69, 9.17) is 0 Å². The lowest BCUT2D eigenvalue weighted by Crippen LogP contribution is -2.27. The highest BCUT2D eigenvalue weighted by Crippen LogP contribution is 2.35. The number of carboxylic acid groups (broad SMARTS) is 2. The topological polar surface area (TPSA) is 74.6 Å². The van der Waals surface area contributed by atoms with E-state index in [0.29, 0.717) is 6.42 Å². The fraction of sp³-hybridized carbons (Fsp3) is 0.130. The second-order valence-electron chi connectivity index (χ2n) is 6.73. The molecule has 0 fully saturated rings. The molecular formula is C23H20O4. The van der Waals surface area contributed by atoms with E-state index in [2.05, 4.69) is 31.2 Å². The number of carboxylic acids is 2. The third-order valence-corrected chi connectivity index (χ3v) is 4.92. The van der Waals surface area contributed by atoms with E-state index in [-0.39, 0.29) is 16.5 Å². The van der Waals surface area contributed by atoms with Gasteiger partial charge in [0.25, 0.3) is 0 Å². The van der Waals surface area contributed by atoms with E-state index < -0.39 is 11.9 Å². The highest BCUT2D eigenvalue weighted by Gasteiger charge is 2.30. The Bertz CT molecular complexity index is 923. The van der Waals surface area contributed by atoms with Crippen molar-refractivity contribution < 1.29 is 19.8 Å². The van der Waals surface area contributed by atoms with Crippen molar-refractivity contribution in [1.82, 2.24) is 0 Å². The van der Waals surface area contributed by atoms with Crippen molar-refractivity contribution >= 4 is 11.9 Å². The van der Waals surface area contributed by atoms with Crippen LogP contribution in [-0.4, -0.2) is 22.2 Å². The van der Waals surface area contributed by atoms with Crippen LogP contribution in [0.5, 0.6) is 0 Å². The minimum Gasteiger partial charge on any atom is -0.478 e. The summed E-state index contributed by atoms with van der Waals surface area (Å²) in [5, 5.41) is 18.6. The van der Waals surface area contributed by atoms with Gasteiger partial charge in [0.1, 0.15) is 0 Å². The Hall–Kier alpha value is -3.40. The van der Waals surface area contributed by atoms with Crippen LogP contribution in [0.25, 0.3) is 0 Å². The fourth-order valence-electron chi connectivity index (χ4n) is 3.46. The Balaban J connectivity index is 2.10. The molecule has 0 heterocycles. The highest BCUT2D eigenvalue weighted by molar-refractivity contribution is 6.01. The molecule has 0 amide bonds. The minimum absolute atomic E-state index is 0.191. The first-order valence-electron chi connectivity index (χ1n) is 8.62. The van der Waals surface area contributed by atoms with Crippen LogP contribution >= 0.6 is 0 Å². The summed E-state index contributed by atoms with van der Waals surface area (Å²) < 4.78 is 0. The lowest BCUT2D eigenvalue weighted by Gasteiger charge is -2.31. The Kier molecular flexibility index (Phi) is 5.08. The normalized spacial score (nSPS) is 11.1. The zero-order chi connectivity index (χ0) is 19.4. The lowest BCUT2D eigenvalue weighted by molar-refractivity contribution is 0.0651. The third kappa shape index (κ3) is 3.75. The molecule has 0 bridgehead atoms. The molecule has 27 heavy (non-hydrogen) atoms. The van der Waals surface area contributed by atoms with Gasteiger partial charge < -0.3 is 10.2 Å². The van der Waals surface area contributed by atoms with Crippen molar-refractivity contribution in [2.75, 3.05) is 0 Å². The van der Waals surface area contributed by atoms with Crippen LogP contribution in [0, 0.1) is 0 Å². The van der Waals surface area contributed by atoms with Crippen molar-refractivity contribution in [1.29, 1.82) is 0 Å². The Morgan fingerprint density at radius 2 is 1.22 bits per heavy atom. The molecule has 0 unspecified atom stereocenters. The van der Waals surface area contributed by atoms with Gasteiger partial charge in [-0.3, -0.25) is 0 Å². The average molecular weight is 360 g/mol.